The third-order valence-electron chi connectivity index (χ3n) is 1.48. The van der Waals surface area contributed by atoms with Crippen LogP contribution in [0.1, 0.15) is 0 Å². The number of hydrogen-bond acceptors (Lipinski definition) is 2. The van der Waals surface area contributed by atoms with Crippen molar-refractivity contribution in [2.75, 3.05) is 5.94 Å². The number of halogens is 9. The topological polar surface area (TPSA) is 9.23 Å². The van der Waals surface area contributed by atoms with E-state index in [-0.39, 0.29) is 0 Å². The minimum absolute atomic E-state index is 1.70. The van der Waals surface area contributed by atoms with Gasteiger partial charge in [-0.3, -0.25) is 0 Å². The fraction of sp³-hybridized carbons (Fsp3) is 1.00. The van der Waals surface area contributed by atoms with Crippen LogP contribution in [0, 0.1) is 0 Å². The fourth-order valence-electron chi connectivity index (χ4n) is 0.824. The molecule has 98 valence electrons. The summed E-state index contributed by atoms with van der Waals surface area (Å²) in [7, 11) is 0. The first-order chi connectivity index (χ1) is 6.81. The van der Waals surface area contributed by atoms with Crippen LogP contribution in [0.25, 0.3) is 0 Å². The van der Waals surface area contributed by atoms with E-state index >= 15 is 0 Å². The summed E-state index contributed by atoms with van der Waals surface area (Å²) >= 11 is 2.79. The molecule has 0 saturated heterocycles. The van der Waals surface area contributed by atoms with Crippen LogP contribution in [-0.2, 0) is 4.74 Å². The lowest BCUT2D eigenvalue weighted by molar-refractivity contribution is -0.453. The van der Waals surface area contributed by atoms with Gasteiger partial charge in [0.2, 0.25) is 0 Å². The molecule has 0 radical (unpaired) electrons. The predicted molar refractivity (Wildman–Crippen MR) is 35.8 cm³/mol. The Morgan fingerprint density at radius 3 is 1.00 bits per heavy atom. The Hall–Kier alpha value is -0.320. The summed E-state index contributed by atoms with van der Waals surface area (Å²) in [5.41, 5.74) is -6.21. The molecule has 0 aliphatic rings. The molecular weight excluding hydrogens is 279 g/mol. The highest BCUT2D eigenvalue weighted by atomic mass is 32.1. The maximum Gasteiger partial charge on any atom is 0.435 e. The molecule has 0 aliphatic carbocycles. The molecule has 16 heavy (non-hydrogen) atoms. The van der Waals surface area contributed by atoms with E-state index in [1.54, 1.807) is 0 Å². The normalized spacial score (nSPS) is 15.4. The van der Waals surface area contributed by atoms with Crippen molar-refractivity contribution in [3.63, 3.8) is 0 Å². The number of rotatable bonds is 2. The molecule has 0 aromatic rings. The third-order valence-corrected chi connectivity index (χ3v) is 1.61. The molecule has 0 aliphatic heterocycles. The quantitative estimate of drug-likeness (QED) is 0.464. The van der Waals surface area contributed by atoms with Gasteiger partial charge in [0.25, 0.3) is 0 Å². The summed E-state index contributed by atoms with van der Waals surface area (Å²) in [6.07, 6.45) is -20.1. The minimum atomic E-state index is -6.69. The van der Waals surface area contributed by atoms with Crippen molar-refractivity contribution in [2.24, 2.45) is 0 Å². The Morgan fingerprint density at radius 2 is 0.938 bits per heavy atom. The summed E-state index contributed by atoms with van der Waals surface area (Å²) in [6.45, 7) is 0. The van der Waals surface area contributed by atoms with E-state index < -0.39 is 30.1 Å². The van der Waals surface area contributed by atoms with Crippen molar-refractivity contribution < 1.29 is 44.3 Å². The van der Waals surface area contributed by atoms with E-state index in [9.17, 15) is 39.5 Å². The first-order valence-electron chi connectivity index (χ1n) is 3.26. The molecule has 0 amide bonds. The zero-order valence-electron chi connectivity index (χ0n) is 6.96. The minimum Gasteiger partial charge on any atom is -0.340 e. The Balaban J connectivity index is 5.82. The second-order valence-corrected chi connectivity index (χ2v) is 2.71. The molecule has 0 heterocycles. The van der Waals surface area contributed by atoms with Crippen LogP contribution in [0.5, 0.6) is 0 Å². The summed E-state index contributed by atoms with van der Waals surface area (Å²) < 4.78 is 110. The van der Waals surface area contributed by atoms with Crippen LogP contribution >= 0.6 is 12.6 Å². The van der Waals surface area contributed by atoms with Crippen molar-refractivity contribution in [1.82, 2.24) is 0 Å². The summed E-state index contributed by atoms with van der Waals surface area (Å²) in [5, 5.41) is 0. The van der Waals surface area contributed by atoms with Gasteiger partial charge in [0.1, 0.15) is 0 Å². The molecule has 1 nitrogen and oxygen atoms in total. The lowest BCUT2D eigenvalue weighted by Gasteiger charge is -2.37. The van der Waals surface area contributed by atoms with Gasteiger partial charge in [0, 0.05) is 0 Å². The number of ether oxygens (including phenoxy) is 1. The van der Waals surface area contributed by atoms with Crippen molar-refractivity contribution in [3.05, 3.63) is 0 Å². The summed E-state index contributed by atoms with van der Waals surface area (Å²) in [5.74, 6) is -1.70. The van der Waals surface area contributed by atoms with Gasteiger partial charge in [-0.2, -0.15) is 52.1 Å². The maximum absolute atomic E-state index is 12.0. The third kappa shape index (κ3) is 2.34. The zero-order valence-corrected chi connectivity index (χ0v) is 7.86. The van der Waals surface area contributed by atoms with Gasteiger partial charge >= 0.3 is 24.1 Å². The molecule has 0 bridgehead atoms. The summed E-state index contributed by atoms with van der Waals surface area (Å²) in [4.78, 5) is 0. The smallest absolute Gasteiger partial charge is 0.340 e. The van der Waals surface area contributed by atoms with Crippen molar-refractivity contribution in [3.8, 4) is 0 Å². The molecule has 11 heteroatoms. The maximum atomic E-state index is 12.0. The molecule has 0 fully saturated rings. The molecule has 0 atom stereocenters. The van der Waals surface area contributed by atoms with Gasteiger partial charge in [-0.15, -0.1) is 0 Å². The Morgan fingerprint density at radius 1 is 0.688 bits per heavy atom. The molecule has 0 rings (SSSR count). The van der Waals surface area contributed by atoms with E-state index in [0.29, 0.717) is 0 Å². The van der Waals surface area contributed by atoms with Gasteiger partial charge in [0.15, 0.2) is 0 Å². The summed E-state index contributed by atoms with van der Waals surface area (Å²) in [6, 6.07) is 0. The second kappa shape index (κ2) is 4.17. The van der Waals surface area contributed by atoms with Gasteiger partial charge in [-0.1, -0.05) is 0 Å². The van der Waals surface area contributed by atoms with E-state index in [2.05, 4.69) is 17.4 Å². The van der Waals surface area contributed by atoms with Crippen LogP contribution in [0.3, 0.4) is 0 Å². The molecule has 0 N–H and O–H groups in total. The van der Waals surface area contributed by atoms with Crippen LogP contribution in [-0.4, -0.2) is 30.1 Å². The van der Waals surface area contributed by atoms with E-state index in [1.165, 1.54) is 0 Å². The lowest BCUT2D eigenvalue weighted by atomic mass is 10.0. The van der Waals surface area contributed by atoms with Crippen LogP contribution in [0.2, 0.25) is 0 Å². The second-order valence-electron chi connectivity index (χ2n) is 2.45. The van der Waals surface area contributed by atoms with Crippen molar-refractivity contribution in [1.29, 1.82) is 0 Å². The predicted octanol–water partition coefficient (Wildman–Crippen LogP) is 3.32. The van der Waals surface area contributed by atoms with Gasteiger partial charge in [-0.05, 0) is 0 Å². The number of thiol groups is 1. The Kier molecular flexibility index (Phi) is 4.08. The average molecular weight is 282 g/mol. The highest BCUT2D eigenvalue weighted by molar-refractivity contribution is 7.80. The van der Waals surface area contributed by atoms with Gasteiger partial charge < -0.3 is 4.74 Å². The fourth-order valence-corrected chi connectivity index (χ4v) is 1.02. The van der Waals surface area contributed by atoms with Crippen LogP contribution in [0.15, 0.2) is 0 Å². The largest absolute Gasteiger partial charge is 0.435 e. The lowest BCUT2D eigenvalue weighted by Crippen LogP contribution is -2.67. The van der Waals surface area contributed by atoms with E-state index in [1.807, 2.05) is 0 Å². The standard InChI is InChI=1S/C5H3F9OS/c6-3(7,8)2(15-1-16,4(9,10)11)5(12,13)14/h16H,1H2. The van der Waals surface area contributed by atoms with E-state index in [0.717, 1.165) is 0 Å². The van der Waals surface area contributed by atoms with Crippen molar-refractivity contribution >= 4 is 12.6 Å². The first kappa shape index (κ1) is 15.7. The SMILES string of the molecule is FC(F)(F)C(OCS)(C(F)(F)F)C(F)(F)F. The van der Waals surface area contributed by atoms with Gasteiger partial charge in [0.05, 0.1) is 5.94 Å². The number of alkyl halides is 9. The zero-order chi connectivity index (χ0) is 13.4. The van der Waals surface area contributed by atoms with Crippen molar-refractivity contribution in [2.45, 2.75) is 24.1 Å². The van der Waals surface area contributed by atoms with E-state index in [4.69, 9.17) is 0 Å². The molecule has 0 aromatic heterocycles. The molecular formula is C5H3F9OS. The van der Waals surface area contributed by atoms with Crippen LogP contribution in [0.4, 0.5) is 39.5 Å². The Labute approximate surface area is 88.0 Å². The highest BCUT2D eigenvalue weighted by Gasteiger charge is 2.85. The molecule has 0 spiro atoms. The number of hydrogen-bond donors (Lipinski definition) is 1. The molecule has 0 saturated carbocycles. The molecule has 0 unspecified atom stereocenters. The monoisotopic (exact) mass is 282 g/mol. The van der Waals surface area contributed by atoms with Gasteiger partial charge in [-0.25, -0.2) is 0 Å². The highest BCUT2D eigenvalue weighted by Crippen LogP contribution is 2.54. The molecule has 0 aromatic carbocycles. The Bertz CT molecular complexity index is 202. The average Bonchev–Trinajstić information content (AvgIpc) is 1.91. The van der Waals surface area contributed by atoms with Crippen LogP contribution < -0.4 is 0 Å². The first-order valence-corrected chi connectivity index (χ1v) is 3.89.